The molecule has 4 rings (SSSR count). The number of amides is 1. The van der Waals surface area contributed by atoms with Gasteiger partial charge in [0.1, 0.15) is 5.75 Å². The molecule has 26 heavy (non-hydrogen) atoms. The van der Waals surface area contributed by atoms with Crippen LogP contribution in [0.1, 0.15) is 33.9 Å². The fourth-order valence-corrected chi connectivity index (χ4v) is 4.32. The van der Waals surface area contributed by atoms with Crippen molar-refractivity contribution in [3.63, 3.8) is 0 Å². The van der Waals surface area contributed by atoms with Crippen LogP contribution in [-0.4, -0.2) is 49.0 Å². The normalized spacial score (nSPS) is 20.1. The Morgan fingerprint density at radius 2 is 1.88 bits per heavy atom. The number of piperazine rings is 1. The van der Waals surface area contributed by atoms with Gasteiger partial charge in [0.05, 0.1) is 17.7 Å². The summed E-state index contributed by atoms with van der Waals surface area (Å²) in [5, 5.41) is 0.525. The van der Waals surface area contributed by atoms with Crippen LogP contribution in [0.2, 0.25) is 5.02 Å². The summed E-state index contributed by atoms with van der Waals surface area (Å²) in [5.74, 6) is 0.951. The van der Waals surface area contributed by atoms with Gasteiger partial charge in [-0.05, 0) is 48.2 Å². The van der Waals surface area contributed by atoms with E-state index in [0.29, 0.717) is 16.6 Å². The van der Waals surface area contributed by atoms with Gasteiger partial charge in [0.15, 0.2) is 0 Å². The van der Waals surface area contributed by atoms with Gasteiger partial charge in [0.25, 0.3) is 5.91 Å². The Balaban J connectivity index is 1.44. The van der Waals surface area contributed by atoms with E-state index < -0.39 is 0 Å². The van der Waals surface area contributed by atoms with E-state index in [1.165, 1.54) is 11.1 Å². The van der Waals surface area contributed by atoms with Gasteiger partial charge in [-0.25, -0.2) is 0 Å². The van der Waals surface area contributed by atoms with Crippen molar-refractivity contribution in [3.05, 3.63) is 64.2 Å². The van der Waals surface area contributed by atoms with E-state index in [4.69, 9.17) is 16.3 Å². The molecule has 0 aromatic heterocycles. The largest absolute Gasteiger partial charge is 0.497 e. The van der Waals surface area contributed by atoms with Gasteiger partial charge in [-0.2, -0.15) is 0 Å². The minimum atomic E-state index is 0.0312. The summed E-state index contributed by atoms with van der Waals surface area (Å²) >= 11 is 6.19. The van der Waals surface area contributed by atoms with Crippen LogP contribution in [0.25, 0.3) is 0 Å². The van der Waals surface area contributed by atoms with Gasteiger partial charge < -0.3 is 9.64 Å². The van der Waals surface area contributed by atoms with Crippen molar-refractivity contribution in [1.82, 2.24) is 9.80 Å². The predicted octanol–water partition coefficient (Wildman–Crippen LogP) is 3.79. The lowest BCUT2D eigenvalue weighted by atomic mass is 10.1. The molecule has 1 unspecified atom stereocenters. The summed E-state index contributed by atoms with van der Waals surface area (Å²) in [7, 11) is 1.71. The molecular formula is C21H23ClN2O2. The molecule has 2 aliphatic rings. The van der Waals surface area contributed by atoms with E-state index in [1.54, 1.807) is 19.2 Å². The summed E-state index contributed by atoms with van der Waals surface area (Å²) in [6, 6.07) is 14.1. The number of nitrogens with zero attached hydrogens (tertiary/aromatic N) is 2. The number of halogens is 1. The number of hydrogen-bond donors (Lipinski definition) is 0. The molecule has 1 aliphatic heterocycles. The second-order valence-corrected chi connectivity index (χ2v) is 7.33. The Hall–Kier alpha value is -2.04. The molecule has 0 N–H and O–H groups in total. The lowest BCUT2D eigenvalue weighted by molar-refractivity contribution is 0.0568. The molecule has 1 fully saturated rings. The van der Waals surface area contributed by atoms with Gasteiger partial charge >= 0.3 is 0 Å². The predicted molar refractivity (Wildman–Crippen MR) is 103 cm³/mol. The number of aryl methyl sites for hydroxylation is 1. The molecule has 1 amide bonds. The van der Waals surface area contributed by atoms with Crippen molar-refractivity contribution in [2.45, 2.75) is 18.9 Å². The molecule has 1 saturated heterocycles. The number of rotatable bonds is 3. The van der Waals surface area contributed by atoms with Crippen molar-refractivity contribution < 1.29 is 9.53 Å². The molecule has 0 radical (unpaired) electrons. The van der Waals surface area contributed by atoms with Crippen LogP contribution in [0.5, 0.6) is 5.75 Å². The van der Waals surface area contributed by atoms with Crippen LogP contribution >= 0.6 is 11.6 Å². The van der Waals surface area contributed by atoms with Crippen molar-refractivity contribution in [3.8, 4) is 5.75 Å². The smallest absolute Gasteiger partial charge is 0.255 e. The van der Waals surface area contributed by atoms with Crippen LogP contribution in [0.15, 0.2) is 42.5 Å². The molecule has 2 aromatic rings. The molecule has 1 heterocycles. The van der Waals surface area contributed by atoms with Crippen LogP contribution in [-0.2, 0) is 6.42 Å². The summed E-state index contributed by atoms with van der Waals surface area (Å²) in [5.41, 5.74) is 3.40. The third-order valence-electron chi connectivity index (χ3n) is 5.55. The molecule has 2 aromatic carbocycles. The molecule has 4 nitrogen and oxygen atoms in total. The zero-order valence-electron chi connectivity index (χ0n) is 15.0. The van der Waals surface area contributed by atoms with E-state index in [2.05, 4.69) is 17.0 Å². The summed E-state index contributed by atoms with van der Waals surface area (Å²) < 4.78 is 5.40. The Morgan fingerprint density at radius 3 is 2.62 bits per heavy atom. The molecule has 0 bridgehead atoms. The second-order valence-electron chi connectivity index (χ2n) is 6.93. The maximum Gasteiger partial charge on any atom is 0.255 e. The van der Waals surface area contributed by atoms with E-state index in [1.807, 2.05) is 23.1 Å². The highest BCUT2D eigenvalue weighted by molar-refractivity contribution is 6.33. The summed E-state index contributed by atoms with van der Waals surface area (Å²) in [4.78, 5) is 17.2. The maximum atomic E-state index is 12.7. The van der Waals surface area contributed by atoms with Crippen molar-refractivity contribution >= 4 is 17.5 Å². The summed E-state index contributed by atoms with van der Waals surface area (Å²) in [6.45, 7) is 3.24. The van der Waals surface area contributed by atoms with E-state index in [-0.39, 0.29) is 5.91 Å². The molecule has 136 valence electrons. The Morgan fingerprint density at radius 1 is 1.12 bits per heavy atom. The number of methoxy groups -OCH3 is 1. The molecule has 5 heteroatoms. The Bertz CT molecular complexity index is 815. The van der Waals surface area contributed by atoms with Crippen LogP contribution < -0.4 is 4.74 Å². The van der Waals surface area contributed by atoms with Crippen molar-refractivity contribution in [2.75, 3.05) is 33.3 Å². The first-order valence-corrected chi connectivity index (χ1v) is 9.50. The number of carbonyl (C=O) groups excluding carboxylic acids is 1. The molecule has 1 atom stereocenters. The third kappa shape index (κ3) is 3.19. The fraction of sp³-hybridized carbons (Fsp3) is 0.381. The lowest BCUT2D eigenvalue weighted by Crippen LogP contribution is -2.49. The zero-order valence-corrected chi connectivity index (χ0v) is 15.7. The second kappa shape index (κ2) is 7.29. The number of carbonyl (C=O) groups is 1. The average molecular weight is 371 g/mol. The molecule has 1 aliphatic carbocycles. The molecule has 0 saturated carbocycles. The van der Waals surface area contributed by atoms with Crippen molar-refractivity contribution in [1.29, 1.82) is 0 Å². The minimum absolute atomic E-state index is 0.0312. The zero-order chi connectivity index (χ0) is 18.1. The standard InChI is InChI=1S/C21H23ClN2O2/c1-26-16-8-6-15-7-9-20(18(15)14-16)23-10-12-24(13-11-23)21(25)17-4-2-3-5-19(17)22/h2-6,8,14,20H,7,9-13H2,1H3. The third-order valence-corrected chi connectivity index (χ3v) is 5.88. The number of fused-ring (bicyclic) bond motifs is 1. The SMILES string of the molecule is COc1ccc2c(c1)C(N1CCN(C(=O)c3ccccc3Cl)CC1)CC2. The average Bonchev–Trinajstić information content (AvgIpc) is 3.11. The highest BCUT2D eigenvalue weighted by Gasteiger charge is 2.32. The van der Waals surface area contributed by atoms with E-state index >= 15 is 0 Å². The first-order valence-electron chi connectivity index (χ1n) is 9.12. The lowest BCUT2D eigenvalue weighted by Gasteiger charge is -2.38. The van der Waals surface area contributed by atoms with Crippen LogP contribution in [0.4, 0.5) is 0 Å². The molecular weight excluding hydrogens is 348 g/mol. The highest BCUT2D eigenvalue weighted by Crippen LogP contribution is 2.38. The van der Waals surface area contributed by atoms with E-state index in [0.717, 1.165) is 44.8 Å². The van der Waals surface area contributed by atoms with Crippen LogP contribution in [0.3, 0.4) is 0 Å². The quantitative estimate of drug-likeness (QED) is 0.824. The first-order chi connectivity index (χ1) is 12.7. The van der Waals surface area contributed by atoms with Gasteiger partial charge in [-0.15, -0.1) is 0 Å². The first kappa shape index (κ1) is 17.4. The van der Waals surface area contributed by atoms with Gasteiger partial charge in [-0.1, -0.05) is 29.8 Å². The number of ether oxygens (including phenoxy) is 1. The fourth-order valence-electron chi connectivity index (χ4n) is 4.11. The Kier molecular flexibility index (Phi) is 4.88. The van der Waals surface area contributed by atoms with Crippen LogP contribution in [0, 0.1) is 0 Å². The van der Waals surface area contributed by atoms with Gasteiger partial charge in [0.2, 0.25) is 0 Å². The van der Waals surface area contributed by atoms with Gasteiger partial charge in [0, 0.05) is 32.2 Å². The number of hydrogen-bond acceptors (Lipinski definition) is 3. The highest BCUT2D eigenvalue weighted by atomic mass is 35.5. The van der Waals surface area contributed by atoms with Crippen molar-refractivity contribution in [2.24, 2.45) is 0 Å². The van der Waals surface area contributed by atoms with E-state index in [9.17, 15) is 4.79 Å². The summed E-state index contributed by atoms with van der Waals surface area (Å²) in [6.07, 6.45) is 2.25. The maximum absolute atomic E-state index is 12.7. The monoisotopic (exact) mass is 370 g/mol. The van der Waals surface area contributed by atoms with Gasteiger partial charge in [-0.3, -0.25) is 9.69 Å². The topological polar surface area (TPSA) is 32.8 Å². The Labute approximate surface area is 159 Å². The minimum Gasteiger partial charge on any atom is -0.497 e. The number of benzene rings is 2. The molecule has 0 spiro atoms.